The molecule has 0 aliphatic rings. The molecule has 0 aliphatic heterocycles. The molecule has 0 fully saturated rings. The van der Waals surface area contributed by atoms with Crippen LogP contribution in [-0.4, -0.2) is 55.6 Å². The fourth-order valence-electron chi connectivity index (χ4n) is 4.68. The topological polar surface area (TPSA) is 86.8 Å². The molecule has 0 radical (unpaired) electrons. The van der Waals surface area contributed by atoms with Gasteiger partial charge in [-0.3, -0.25) is 9.59 Å². The Balaban J connectivity index is 1.67. The van der Waals surface area contributed by atoms with Crippen LogP contribution in [0.2, 0.25) is 0 Å². The number of nitrogens with zero attached hydrogens (tertiary/aromatic N) is 2. The standard InChI is InChI=1S/C33H36BrN3O4S/c1-24(2)21-35-33(39)31(19-25-10-5-4-6-11-25)37(22-26-12-9-15-29(34)18-26)32(38)23-36(3)42(40,41)30-17-16-27-13-7-8-14-28(27)20-30/h4-18,20,24,31H,19,21-23H2,1-3H3,(H,35,39). The molecule has 1 unspecified atom stereocenters. The van der Waals surface area contributed by atoms with E-state index < -0.39 is 28.5 Å². The minimum Gasteiger partial charge on any atom is -0.354 e. The molecule has 4 rings (SSSR count). The molecule has 0 bridgehead atoms. The number of carbonyl (C=O) groups excluding carboxylic acids is 2. The number of amides is 2. The zero-order chi connectivity index (χ0) is 30.3. The lowest BCUT2D eigenvalue weighted by Crippen LogP contribution is -2.53. The van der Waals surface area contributed by atoms with Gasteiger partial charge in [-0.2, -0.15) is 4.31 Å². The lowest BCUT2D eigenvalue weighted by Gasteiger charge is -2.33. The van der Waals surface area contributed by atoms with Crippen molar-refractivity contribution in [3.8, 4) is 0 Å². The molecule has 0 aromatic heterocycles. The molecule has 4 aromatic carbocycles. The molecule has 9 heteroatoms. The van der Waals surface area contributed by atoms with Crippen molar-refractivity contribution in [3.63, 3.8) is 0 Å². The van der Waals surface area contributed by atoms with E-state index in [1.165, 1.54) is 11.9 Å². The van der Waals surface area contributed by atoms with Crippen LogP contribution in [0.3, 0.4) is 0 Å². The summed E-state index contributed by atoms with van der Waals surface area (Å²) in [6, 6.07) is 28.6. The number of carbonyl (C=O) groups is 2. The van der Waals surface area contributed by atoms with Crippen LogP contribution in [0.5, 0.6) is 0 Å². The minimum atomic E-state index is -3.99. The highest BCUT2D eigenvalue weighted by molar-refractivity contribution is 9.10. The van der Waals surface area contributed by atoms with Gasteiger partial charge in [0.2, 0.25) is 21.8 Å². The van der Waals surface area contributed by atoms with Crippen LogP contribution in [0.15, 0.2) is 106 Å². The molecule has 220 valence electrons. The van der Waals surface area contributed by atoms with Gasteiger partial charge < -0.3 is 10.2 Å². The van der Waals surface area contributed by atoms with E-state index in [0.29, 0.717) is 6.54 Å². The summed E-state index contributed by atoms with van der Waals surface area (Å²) in [5.41, 5.74) is 1.71. The van der Waals surface area contributed by atoms with Crippen LogP contribution < -0.4 is 5.32 Å². The van der Waals surface area contributed by atoms with E-state index in [9.17, 15) is 18.0 Å². The van der Waals surface area contributed by atoms with Crippen molar-refractivity contribution < 1.29 is 18.0 Å². The van der Waals surface area contributed by atoms with Crippen LogP contribution in [0.4, 0.5) is 0 Å². The van der Waals surface area contributed by atoms with E-state index in [1.807, 2.05) is 92.7 Å². The molecule has 1 atom stereocenters. The van der Waals surface area contributed by atoms with Crippen molar-refractivity contribution in [2.45, 2.75) is 37.8 Å². The van der Waals surface area contributed by atoms with Gasteiger partial charge >= 0.3 is 0 Å². The van der Waals surface area contributed by atoms with Crippen LogP contribution >= 0.6 is 15.9 Å². The Morgan fingerprint density at radius 3 is 2.19 bits per heavy atom. The van der Waals surface area contributed by atoms with Gasteiger partial charge in [0.15, 0.2) is 0 Å². The van der Waals surface area contributed by atoms with Crippen LogP contribution in [0.1, 0.15) is 25.0 Å². The van der Waals surface area contributed by atoms with Gasteiger partial charge in [0.25, 0.3) is 0 Å². The average Bonchev–Trinajstić information content (AvgIpc) is 2.97. The monoisotopic (exact) mass is 649 g/mol. The highest BCUT2D eigenvalue weighted by atomic mass is 79.9. The fraction of sp³-hybridized carbons (Fsp3) is 0.273. The van der Waals surface area contributed by atoms with Crippen molar-refractivity contribution in [3.05, 3.63) is 113 Å². The number of rotatable bonds is 12. The predicted molar refractivity (Wildman–Crippen MR) is 170 cm³/mol. The molecule has 7 nitrogen and oxygen atoms in total. The second kappa shape index (κ2) is 14.1. The largest absolute Gasteiger partial charge is 0.354 e. The zero-order valence-electron chi connectivity index (χ0n) is 24.0. The van der Waals surface area contributed by atoms with Gasteiger partial charge in [0, 0.05) is 31.0 Å². The Morgan fingerprint density at radius 1 is 0.833 bits per heavy atom. The summed E-state index contributed by atoms with van der Waals surface area (Å²) in [7, 11) is -2.59. The number of nitrogens with one attached hydrogen (secondary N) is 1. The number of fused-ring (bicyclic) bond motifs is 1. The van der Waals surface area contributed by atoms with Crippen LogP contribution in [0, 0.1) is 5.92 Å². The number of likely N-dealkylation sites (N-methyl/N-ethyl adjacent to an activating group) is 1. The Morgan fingerprint density at radius 2 is 1.50 bits per heavy atom. The van der Waals surface area contributed by atoms with E-state index >= 15 is 0 Å². The van der Waals surface area contributed by atoms with Crippen molar-refractivity contribution in [1.29, 1.82) is 0 Å². The van der Waals surface area contributed by atoms with Gasteiger partial charge in [0.05, 0.1) is 11.4 Å². The lowest BCUT2D eigenvalue weighted by atomic mass is 10.0. The highest BCUT2D eigenvalue weighted by Gasteiger charge is 2.33. The van der Waals surface area contributed by atoms with Crippen molar-refractivity contribution in [1.82, 2.24) is 14.5 Å². The smallest absolute Gasteiger partial charge is 0.243 e. The first kappa shape index (κ1) is 31.4. The van der Waals surface area contributed by atoms with Gasteiger partial charge in [-0.15, -0.1) is 0 Å². The Labute approximate surface area is 256 Å². The maximum atomic E-state index is 14.0. The Bertz CT molecular complexity index is 1640. The summed E-state index contributed by atoms with van der Waals surface area (Å²) in [6.07, 6.45) is 0.283. The Kier molecular flexibility index (Phi) is 10.5. The SMILES string of the molecule is CC(C)CNC(=O)C(Cc1ccccc1)N(Cc1cccc(Br)c1)C(=O)CN(C)S(=O)(=O)c1ccc2ccccc2c1. The molecular weight excluding hydrogens is 614 g/mol. The summed E-state index contributed by atoms with van der Waals surface area (Å²) in [4.78, 5) is 29.3. The third-order valence-electron chi connectivity index (χ3n) is 6.98. The lowest BCUT2D eigenvalue weighted by molar-refractivity contribution is -0.141. The van der Waals surface area contributed by atoms with Crippen molar-refractivity contribution in [2.75, 3.05) is 20.1 Å². The number of hydrogen-bond acceptors (Lipinski definition) is 4. The van der Waals surface area contributed by atoms with Gasteiger partial charge in [0.1, 0.15) is 6.04 Å². The molecule has 0 saturated heterocycles. The van der Waals surface area contributed by atoms with E-state index in [0.717, 1.165) is 30.7 Å². The number of benzene rings is 4. The second-order valence-electron chi connectivity index (χ2n) is 10.8. The molecule has 0 heterocycles. The summed E-state index contributed by atoms with van der Waals surface area (Å²) in [5.74, 6) is -0.530. The second-order valence-corrected chi connectivity index (χ2v) is 13.7. The summed E-state index contributed by atoms with van der Waals surface area (Å²) >= 11 is 3.49. The van der Waals surface area contributed by atoms with Gasteiger partial charge in [-0.05, 0) is 52.1 Å². The number of sulfonamides is 1. The number of halogens is 1. The molecule has 42 heavy (non-hydrogen) atoms. The van der Waals surface area contributed by atoms with E-state index in [2.05, 4.69) is 21.2 Å². The molecule has 4 aromatic rings. The quantitative estimate of drug-likeness (QED) is 0.215. The molecule has 0 saturated carbocycles. The first-order valence-electron chi connectivity index (χ1n) is 13.9. The van der Waals surface area contributed by atoms with Gasteiger partial charge in [-0.25, -0.2) is 8.42 Å². The molecule has 2 amide bonds. The molecular formula is C33H36BrN3O4S. The minimum absolute atomic E-state index is 0.102. The normalized spacial score (nSPS) is 12.4. The van der Waals surface area contributed by atoms with Crippen molar-refractivity contribution in [2.24, 2.45) is 5.92 Å². The van der Waals surface area contributed by atoms with Gasteiger partial charge in [-0.1, -0.05) is 103 Å². The molecule has 0 spiro atoms. The maximum Gasteiger partial charge on any atom is 0.243 e. The molecule has 1 N–H and O–H groups in total. The summed E-state index contributed by atoms with van der Waals surface area (Å²) in [5, 5.41) is 4.70. The number of hydrogen-bond donors (Lipinski definition) is 1. The van der Waals surface area contributed by atoms with Crippen LogP contribution in [0.25, 0.3) is 10.8 Å². The van der Waals surface area contributed by atoms with E-state index in [1.54, 1.807) is 18.2 Å². The van der Waals surface area contributed by atoms with Crippen molar-refractivity contribution >= 4 is 48.5 Å². The summed E-state index contributed by atoms with van der Waals surface area (Å²) in [6.45, 7) is 4.17. The van der Waals surface area contributed by atoms with E-state index in [4.69, 9.17) is 0 Å². The Hall–Kier alpha value is -3.53. The first-order valence-corrected chi connectivity index (χ1v) is 16.1. The van der Waals surface area contributed by atoms with Crippen LogP contribution in [-0.2, 0) is 32.6 Å². The zero-order valence-corrected chi connectivity index (χ0v) is 26.4. The summed E-state index contributed by atoms with van der Waals surface area (Å²) < 4.78 is 29.1. The van der Waals surface area contributed by atoms with E-state index in [-0.39, 0.29) is 29.7 Å². The molecule has 0 aliphatic carbocycles. The third kappa shape index (κ3) is 8.06. The third-order valence-corrected chi connectivity index (χ3v) is 9.28. The first-order chi connectivity index (χ1) is 20.0. The fourth-order valence-corrected chi connectivity index (χ4v) is 6.29. The average molecular weight is 651 g/mol. The highest BCUT2D eigenvalue weighted by Crippen LogP contribution is 2.23. The predicted octanol–water partition coefficient (Wildman–Crippen LogP) is 5.64. The maximum absolute atomic E-state index is 14.0.